The summed E-state index contributed by atoms with van der Waals surface area (Å²) in [5.41, 5.74) is 6.92. The largest absolute Gasteiger partial charge is 0.482 e. The summed E-state index contributed by atoms with van der Waals surface area (Å²) in [6, 6.07) is 3.30. The van der Waals surface area contributed by atoms with Crippen molar-refractivity contribution in [1.82, 2.24) is 0 Å². The number of carbonyl (C=O) groups excluding carboxylic acids is 2. The van der Waals surface area contributed by atoms with Crippen LogP contribution in [0.2, 0.25) is 5.02 Å². The number of carbonyl (C=O) groups is 2. The van der Waals surface area contributed by atoms with Crippen LogP contribution in [0.15, 0.2) is 12.1 Å². The summed E-state index contributed by atoms with van der Waals surface area (Å²) < 4.78 is 5.33. The van der Waals surface area contributed by atoms with Gasteiger partial charge < -0.3 is 21.1 Å². The first-order valence-electron chi connectivity index (χ1n) is 7.35. The highest BCUT2D eigenvalue weighted by molar-refractivity contribution is 6.34. The third-order valence-corrected chi connectivity index (χ3v) is 4.36. The van der Waals surface area contributed by atoms with Crippen LogP contribution in [0.1, 0.15) is 25.7 Å². The van der Waals surface area contributed by atoms with Crippen molar-refractivity contribution >= 4 is 34.8 Å². The van der Waals surface area contributed by atoms with Crippen molar-refractivity contribution in [2.24, 2.45) is 11.7 Å². The molecule has 1 saturated carbocycles. The normalized spacial score (nSPS) is 24.0. The zero-order chi connectivity index (χ0) is 15.7. The Hall–Kier alpha value is -1.79. The summed E-state index contributed by atoms with van der Waals surface area (Å²) >= 11 is 6.17. The molecular formula is C15H18ClN3O3. The molecule has 0 bridgehead atoms. The Bertz CT molecular complexity index is 620. The average Bonchev–Trinajstić information content (AvgIpc) is 2.48. The van der Waals surface area contributed by atoms with Crippen molar-refractivity contribution in [3.8, 4) is 5.75 Å². The lowest BCUT2D eigenvalue weighted by atomic mass is 9.85. The molecule has 0 saturated heterocycles. The quantitative estimate of drug-likeness (QED) is 0.777. The number of nitrogens with one attached hydrogen (secondary N) is 2. The number of amides is 2. The van der Waals surface area contributed by atoms with E-state index < -0.39 is 0 Å². The van der Waals surface area contributed by atoms with Crippen molar-refractivity contribution in [1.29, 1.82) is 0 Å². The minimum Gasteiger partial charge on any atom is -0.482 e. The van der Waals surface area contributed by atoms with Crippen LogP contribution in [0.5, 0.6) is 5.75 Å². The van der Waals surface area contributed by atoms with Crippen LogP contribution in [0.3, 0.4) is 0 Å². The highest BCUT2D eigenvalue weighted by atomic mass is 35.5. The molecule has 1 aliphatic heterocycles. The summed E-state index contributed by atoms with van der Waals surface area (Å²) in [5, 5.41) is 5.87. The molecule has 2 amide bonds. The Labute approximate surface area is 133 Å². The van der Waals surface area contributed by atoms with Crippen LogP contribution >= 0.6 is 11.6 Å². The van der Waals surface area contributed by atoms with Crippen LogP contribution in [-0.2, 0) is 9.59 Å². The topological polar surface area (TPSA) is 93.5 Å². The van der Waals surface area contributed by atoms with Crippen molar-refractivity contribution in [3.05, 3.63) is 17.2 Å². The van der Waals surface area contributed by atoms with Gasteiger partial charge in [0, 0.05) is 18.0 Å². The van der Waals surface area contributed by atoms with E-state index in [9.17, 15) is 9.59 Å². The van der Waals surface area contributed by atoms with Gasteiger partial charge in [0.05, 0.1) is 16.4 Å². The number of hydrogen-bond acceptors (Lipinski definition) is 4. The van der Waals surface area contributed by atoms with Crippen LogP contribution < -0.4 is 21.1 Å². The van der Waals surface area contributed by atoms with Crippen LogP contribution in [0.4, 0.5) is 11.4 Å². The fraction of sp³-hybridized carbons (Fsp3) is 0.467. The standard InChI is InChI=1S/C15H18ClN3O3/c16-10-5-12-13(22-7-14(20)18-12)6-11(10)19-15(21)8-2-1-3-9(17)4-8/h5-6,8-9H,1-4,7,17H2,(H,18,20)(H,19,21). The molecular weight excluding hydrogens is 306 g/mol. The second-order valence-corrected chi connectivity index (χ2v) is 6.19. The van der Waals surface area contributed by atoms with Gasteiger partial charge in [0.2, 0.25) is 5.91 Å². The molecule has 2 aliphatic rings. The number of rotatable bonds is 2. The molecule has 1 aliphatic carbocycles. The molecule has 1 aromatic carbocycles. The van der Waals surface area contributed by atoms with E-state index in [-0.39, 0.29) is 30.4 Å². The fourth-order valence-corrected chi connectivity index (χ4v) is 3.11. The molecule has 1 heterocycles. The molecule has 0 aromatic heterocycles. The number of anilines is 2. The van der Waals surface area contributed by atoms with Gasteiger partial charge in [0.1, 0.15) is 5.75 Å². The Kier molecular flexibility index (Phi) is 4.22. The molecule has 0 radical (unpaired) electrons. The third kappa shape index (κ3) is 3.18. The summed E-state index contributed by atoms with van der Waals surface area (Å²) in [5.74, 6) is 0.115. The molecule has 7 heteroatoms. The minimum absolute atomic E-state index is 0.0422. The van der Waals surface area contributed by atoms with Crippen LogP contribution in [0.25, 0.3) is 0 Å². The molecule has 3 rings (SSSR count). The van der Waals surface area contributed by atoms with Gasteiger partial charge in [-0.3, -0.25) is 9.59 Å². The minimum atomic E-state index is -0.225. The number of benzene rings is 1. The van der Waals surface area contributed by atoms with Crippen LogP contribution in [-0.4, -0.2) is 24.5 Å². The maximum absolute atomic E-state index is 12.3. The molecule has 22 heavy (non-hydrogen) atoms. The fourth-order valence-electron chi connectivity index (χ4n) is 2.90. The summed E-state index contributed by atoms with van der Waals surface area (Å²) in [6.45, 7) is -0.0422. The lowest BCUT2D eigenvalue weighted by Crippen LogP contribution is -2.34. The lowest BCUT2D eigenvalue weighted by Gasteiger charge is -2.26. The van der Waals surface area contributed by atoms with Gasteiger partial charge in [-0.05, 0) is 25.3 Å². The molecule has 6 nitrogen and oxygen atoms in total. The lowest BCUT2D eigenvalue weighted by molar-refractivity contribution is -0.121. The van der Waals surface area contributed by atoms with Crippen molar-refractivity contribution < 1.29 is 14.3 Å². The highest BCUT2D eigenvalue weighted by Crippen LogP contribution is 2.37. The smallest absolute Gasteiger partial charge is 0.262 e. The first-order valence-corrected chi connectivity index (χ1v) is 7.73. The van der Waals surface area contributed by atoms with Crippen LogP contribution in [0, 0.1) is 5.92 Å². The zero-order valence-electron chi connectivity index (χ0n) is 12.0. The maximum atomic E-state index is 12.3. The molecule has 1 fully saturated rings. The Morgan fingerprint density at radius 2 is 2.23 bits per heavy atom. The molecule has 118 valence electrons. The van der Waals surface area contributed by atoms with Gasteiger partial charge in [-0.2, -0.15) is 0 Å². The van der Waals surface area contributed by atoms with Crippen molar-refractivity contribution in [2.75, 3.05) is 17.2 Å². The Balaban J connectivity index is 1.75. The molecule has 1 aromatic rings. The average molecular weight is 324 g/mol. The molecule has 0 spiro atoms. The van der Waals surface area contributed by atoms with E-state index in [0.29, 0.717) is 28.6 Å². The number of fused-ring (bicyclic) bond motifs is 1. The van der Waals surface area contributed by atoms with Gasteiger partial charge in [-0.15, -0.1) is 0 Å². The molecule has 4 N–H and O–H groups in total. The second-order valence-electron chi connectivity index (χ2n) is 5.78. The predicted molar refractivity (Wildman–Crippen MR) is 84.1 cm³/mol. The highest BCUT2D eigenvalue weighted by Gasteiger charge is 2.26. The first-order chi connectivity index (χ1) is 10.5. The van der Waals surface area contributed by atoms with E-state index in [4.69, 9.17) is 22.1 Å². The van der Waals surface area contributed by atoms with Gasteiger partial charge in [0.25, 0.3) is 5.91 Å². The van der Waals surface area contributed by atoms with E-state index >= 15 is 0 Å². The predicted octanol–water partition coefficient (Wildman–Crippen LogP) is 2.13. The van der Waals surface area contributed by atoms with Gasteiger partial charge in [0.15, 0.2) is 6.61 Å². The molecule has 2 atom stereocenters. The second kappa shape index (κ2) is 6.14. The number of hydrogen-bond donors (Lipinski definition) is 3. The number of halogens is 1. The molecule has 2 unspecified atom stereocenters. The van der Waals surface area contributed by atoms with Gasteiger partial charge in [-0.1, -0.05) is 18.0 Å². The van der Waals surface area contributed by atoms with E-state index in [1.54, 1.807) is 12.1 Å². The Morgan fingerprint density at radius 3 is 3.00 bits per heavy atom. The summed E-state index contributed by atoms with van der Waals surface area (Å²) in [7, 11) is 0. The maximum Gasteiger partial charge on any atom is 0.262 e. The van der Waals surface area contributed by atoms with E-state index in [1.807, 2.05) is 0 Å². The van der Waals surface area contributed by atoms with Gasteiger partial charge in [-0.25, -0.2) is 0 Å². The van der Waals surface area contributed by atoms with E-state index in [1.165, 1.54) is 0 Å². The van der Waals surface area contributed by atoms with E-state index in [2.05, 4.69) is 10.6 Å². The summed E-state index contributed by atoms with van der Waals surface area (Å²) in [6.07, 6.45) is 3.47. The summed E-state index contributed by atoms with van der Waals surface area (Å²) in [4.78, 5) is 23.6. The SMILES string of the molecule is NC1CCCC(C(=O)Nc2cc3c(cc2Cl)NC(=O)CO3)C1. The van der Waals surface area contributed by atoms with Crippen molar-refractivity contribution in [3.63, 3.8) is 0 Å². The monoisotopic (exact) mass is 323 g/mol. The Morgan fingerprint density at radius 1 is 1.41 bits per heavy atom. The van der Waals surface area contributed by atoms with Crippen molar-refractivity contribution in [2.45, 2.75) is 31.7 Å². The first kappa shape index (κ1) is 15.1. The van der Waals surface area contributed by atoms with E-state index in [0.717, 1.165) is 19.3 Å². The van der Waals surface area contributed by atoms with Gasteiger partial charge >= 0.3 is 0 Å². The number of nitrogens with two attached hydrogens (primary N) is 1. The zero-order valence-corrected chi connectivity index (χ0v) is 12.8. The number of ether oxygens (including phenoxy) is 1. The third-order valence-electron chi connectivity index (χ3n) is 4.05.